The Balaban J connectivity index is 2.92. The minimum Gasteiger partial charge on any atom is -0.477 e. The largest absolute Gasteiger partial charge is 0.477 e. The second-order valence-electron chi connectivity index (χ2n) is 3.06. The molecule has 0 unspecified atom stereocenters. The Hall–Kier alpha value is -1.20. The first-order valence-corrected chi connectivity index (χ1v) is 5.35. The van der Waals surface area contributed by atoms with Gasteiger partial charge in [-0.15, -0.1) is 0 Å². The SMILES string of the molecule is O=C(O)c1cc2c(F)ccc(Br)c2c(Cl)n1. The van der Waals surface area contributed by atoms with E-state index in [1.807, 2.05) is 0 Å². The van der Waals surface area contributed by atoms with Crippen molar-refractivity contribution >= 4 is 44.3 Å². The van der Waals surface area contributed by atoms with Gasteiger partial charge < -0.3 is 5.11 Å². The summed E-state index contributed by atoms with van der Waals surface area (Å²) in [4.78, 5) is 14.4. The lowest BCUT2D eigenvalue weighted by atomic mass is 10.1. The van der Waals surface area contributed by atoms with Crippen LogP contribution in [0.4, 0.5) is 4.39 Å². The predicted octanol–water partition coefficient (Wildman–Crippen LogP) is 3.49. The molecule has 0 bridgehead atoms. The summed E-state index contributed by atoms with van der Waals surface area (Å²) in [7, 11) is 0. The maximum Gasteiger partial charge on any atom is 0.354 e. The molecule has 2 aromatic rings. The first-order chi connectivity index (χ1) is 7.50. The number of carboxylic acid groups (broad SMARTS) is 1. The van der Waals surface area contributed by atoms with Crippen LogP contribution in [0.3, 0.4) is 0 Å². The van der Waals surface area contributed by atoms with Crippen molar-refractivity contribution in [1.29, 1.82) is 0 Å². The van der Waals surface area contributed by atoms with E-state index in [2.05, 4.69) is 20.9 Å². The maximum absolute atomic E-state index is 13.5. The number of aromatic nitrogens is 1. The molecule has 6 heteroatoms. The Morgan fingerprint density at radius 2 is 2.19 bits per heavy atom. The third kappa shape index (κ3) is 1.76. The first-order valence-electron chi connectivity index (χ1n) is 4.18. The lowest BCUT2D eigenvalue weighted by molar-refractivity contribution is 0.0690. The van der Waals surface area contributed by atoms with Gasteiger partial charge in [-0.3, -0.25) is 0 Å². The molecule has 1 aromatic heterocycles. The molecular formula is C10H4BrClFNO2. The van der Waals surface area contributed by atoms with Crippen LogP contribution >= 0.6 is 27.5 Å². The molecule has 0 aliphatic heterocycles. The van der Waals surface area contributed by atoms with E-state index in [0.717, 1.165) is 6.07 Å². The summed E-state index contributed by atoms with van der Waals surface area (Å²) in [5.74, 6) is -1.78. The van der Waals surface area contributed by atoms with Crippen molar-refractivity contribution in [3.8, 4) is 0 Å². The fourth-order valence-electron chi connectivity index (χ4n) is 1.36. The molecule has 0 fully saturated rings. The highest BCUT2D eigenvalue weighted by Gasteiger charge is 2.14. The molecule has 0 saturated heterocycles. The highest BCUT2D eigenvalue weighted by Crippen LogP contribution is 2.31. The van der Waals surface area contributed by atoms with Gasteiger partial charge in [0.1, 0.15) is 11.0 Å². The molecule has 1 aromatic carbocycles. The number of hydrogen-bond acceptors (Lipinski definition) is 2. The number of aromatic carboxylic acids is 1. The number of pyridine rings is 1. The van der Waals surface area contributed by atoms with Crippen LogP contribution in [0.15, 0.2) is 22.7 Å². The molecule has 1 heterocycles. The van der Waals surface area contributed by atoms with Crippen LogP contribution < -0.4 is 0 Å². The van der Waals surface area contributed by atoms with Gasteiger partial charge in [0.25, 0.3) is 0 Å². The Morgan fingerprint density at radius 3 is 2.81 bits per heavy atom. The molecule has 0 spiro atoms. The van der Waals surface area contributed by atoms with Gasteiger partial charge in [-0.25, -0.2) is 14.2 Å². The average molecular weight is 305 g/mol. The van der Waals surface area contributed by atoms with Gasteiger partial charge in [0.2, 0.25) is 0 Å². The van der Waals surface area contributed by atoms with E-state index in [1.54, 1.807) is 0 Å². The zero-order chi connectivity index (χ0) is 11.9. The second-order valence-corrected chi connectivity index (χ2v) is 4.27. The molecule has 82 valence electrons. The number of carbonyl (C=O) groups is 1. The van der Waals surface area contributed by atoms with E-state index < -0.39 is 11.8 Å². The molecule has 3 nitrogen and oxygen atoms in total. The molecule has 0 saturated carbocycles. The monoisotopic (exact) mass is 303 g/mol. The fraction of sp³-hybridized carbons (Fsp3) is 0. The van der Waals surface area contributed by atoms with Crippen molar-refractivity contribution in [2.75, 3.05) is 0 Å². The Kier molecular flexibility index (Phi) is 2.82. The molecule has 1 N–H and O–H groups in total. The summed E-state index contributed by atoms with van der Waals surface area (Å²) in [6.45, 7) is 0. The Bertz CT molecular complexity index is 603. The zero-order valence-electron chi connectivity index (χ0n) is 7.67. The summed E-state index contributed by atoms with van der Waals surface area (Å²) >= 11 is 9.02. The standard InChI is InChI=1S/C10H4BrClFNO2/c11-5-1-2-6(13)4-3-7(10(15)16)14-9(12)8(4)5/h1-3H,(H,15,16). The average Bonchev–Trinajstić information content (AvgIpc) is 2.22. The van der Waals surface area contributed by atoms with Gasteiger partial charge in [-0.1, -0.05) is 27.5 Å². The van der Waals surface area contributed by atoms with Crippen LogP contribution in [-0.2, 0) is 0 Å². The molecular weight excluding hydrogens is 300 g/mol. The lowest BCUT2D eigenvalue weighted by Gasteiger charge is -2.05. The summed E-state index contributed by atoms with van der Waals surface area (Å²) < 4.78 is 14.1. The number of hydrogen-bond donors (Lipinski definition) is 1. The van der Waals surface area contributed by atoms with Gasteiger partial charge in [-0.05, 0) is 18.2 Å². The minimum absolute atomic E-state index is 0.0405. The predicted molar refractivity (Wildman–Crippen MR) is 61.4 cm³/mol. The smallest absolute Gasteiger partial charge is 0.354 e. The zero-order valence-corrected chi connectivity index (χ0v) is 10.0. The van der Waals surface area contributed by atoms with Crippen molar-refractivity contribution in [2.45, 2.75) is 0 Å². The normalized spacial score (nSPS) is 10.7. The highest BCUT2D eigenvalue weighted by molar-refractivity contribution is 9.10. The van der Waals surface area contributed by atoms with Gasteiger partial charge >= 0.3 is 5.97 Å². The summed E-state index contributed by atoms with van der Waals surface area (Å²) in [6.07, 6.45) is 0. The van der Waals surface area contributed by atoms with E-state index in [0.29, 0.717) is 9.86 Å². The van der Waals surface area contributed by atoms with Crippen molar-refractivity contribution in [3.05, 3.63) is 39.3 Å². The van der Waals surface area contributed by atoms with Crippen LogP contribution in [0.2, 0.25) is 5.15 Å². The van der Waals surface area contributed by atoms with Crippen molar-refractivity contribution in [1.82, 2.24) is 4.98 Å². The third-order valence-corrected chi connectivity index (χ3v) is 3.00. The number of rotatable bonds is 1. The van der Waals surface area contributed by atoms with Crippen molar-refractivity contribution in [3.63, 3.8) is 0 Å². The number of halogens is 3. The fourth-order valence-corrected chi connectivity index (χ4v) is 2.30. The van der Waals surface area contributed by atoms with Crippen LogP contribution in [0.25, 0.3) is 10.8 Å². The van der Waals surface area contributed by atoms with E-state index in [1.165, 1.54) is 12.1 Å². The quantitative estimate of drug-likeness (QED) is 0.821. The number of benzene rings is 1. The number of fused-ring (bicyclic) bond motifs is 1. The molecule has 0 amide bonds. The van der Waals surface area contributed by atoms with E-state index in [9.17, 15) is 9.18 Å². The minimum atomic E-state index is -1.25. The van der Waals surface area contributed by atoms with Crippen LogP contribution in [-0.4, -0.2) is 16.1 Å². The van der Waals surface area contributed by atoms with Crippen LogP contribution in [0.1, 0.15) is 10.5 Å². The summed E-state index contributed by atoms with van der Waals surface area (Å²) in [6, 6.07) is 3.88. The summed E-state index contributed by atoms with van der Waals surface area (Å²) in [5, 5.41) is 9.23. The maximum atomic E-state index is 13.5. The van der Waals surface area contributed by atoms with Gasteiger partial charge in [0.05, 0.1) is 0 Å². The van der Waals surface area contributed by atoms with Gasteiger partial charge in [-0.2, -0.15) is 0 Å². The third-order valence-electron chi connectivity index (χ3n) is 2.07. The first kappa shape index (κ1) is 11.3. The highest BCUT2D eigenvalue weighted by atomic mass is 79.9. The van der Waals surface area contributed by atoms with E-state index in [4.69, 9.17) is 16.7 Å². The topological polar surface area (TPSA) is 50.2 Å². The van der Waals surface area contributed by atoms with Crippen LogP contribution in [0, 0.1) is 5.82 Å². The lowest BCUT2D eigenvalue weighted by Crippen LogP contribution is -2.01. The van der Waals surface area contributed by atoms with Gasteiger partial charge in [0.15, 0.2) is 5.69 Å². The Morgan fingerprint density at radius 1 is 1.50 bits per heavy atom. The number of nitrogens with zero attached hydrogens (tertiary/aromatic N) is 1. The molecule has 0 radical (unpaired) electrons. The number of carboxylic acids is 1. The second kappa shape index (κ2) is 3.99. The molecule has 0 aliphatic rings. The Labute approximate surface area is 103 Å². The molecule has 0 atom stereocenters. The molecule has 0 aliphatic carbocycles. The van der Waals surface area contributed by atoms with Crippen LogP contribution in [0.5, 0.6) is 0 Å². The summed E-state index contributed by atoms with van der Waals surface area (Å²) in [5.41, 5.74) is -0.283. The van der Waals surface area contributed by atoms with E-state index in [-0.39, 0.29) is 16.2 Å². The van der Waals surface area contributed by atoms with Crippen molar-refractivity contribution in [2.24, 2.45) is 0 Å². The molecule has 2 rings (SSSR count). The van der Waals surface area contributed by atoms with Crippen molar-refractivity contribution < 1.29 is 14.3 Å². The van der Waals surface area contributed by atoms with Gasteiger partial charge in [0, 0.05) is 15.2 Å². The van der Waals surface area contributed by atoms with E-state index >= 15 is 0 Å². The molecule has 16 heavy (non-hydrogen) atoms.